The smallest absolute Gasteiger partial charge is 0.254 e. The van der Waals surface area contributed by atoms with Gasteiger partial charge in [0.15, 0.2) is 0 Å². The van der Waals surface area contributed by atoms with Crippen molar-refractivity contribution >= 4 is 40.7 Å². The maximum atomic E-state index is 12.9. The lowest BCUT2D eigenvalue weighted by Gasteiger charge is -2.24. The summed E-state index contributed by atoms with van der Waals surface area (Å²) in [6.07, 6.45) is 3.80. The Morgan fingerprint density at radius 3 is 2.88 bits per heavy atom. The van der Waals surface area contributed by atoms with Gasteiger partial charge in [0.25, 0.3) is 5.91 Å². The van der Waals surface area contributed by atoms with Gasteiger partial charge in [-0.25, -0.2) is 9.97 Å². The number of nitrogens with zero attached hydrogens (tertiary/aromatic N) is 3. The van der Waals surface area contributed by atoms with E-state index in [4.69, 9.17) is 16.3 Å². The molecule has 1 aromatic heterocycles. The monoisotopic (exact) mass is 477 g/mol. The number of carbonyl (C=O) groups excluding carboxylic acids is 2. The Hall–Kier alpha value is -3.49. The largest absolute Gasteiger partial charge is 0.383 e. The van der Waals surface area contributed by atoms with E-state index in [9.17, 15) is 9.59 Å². The first-order chi connectivity index (χ1) is 16.5. The third-order valence-corrected chi connectivity index (χ3v) is 6.35. The first-order valence-corrected chi connectivity index (χ1v) is 11.5. The summed E-state index contributed by atoms with van der Waals surface area (Å²) < 4.78 is 5.26. The second-order valence-corrected chi connectivity index (χ2v) is 8.87. The van der Waals surface area contributed by atoms with Crippen LogP contribution in [0.2, 0.25) is 5.02 Å². The Labute approximate surface area is 202 Å². The zero-order valence-electron chi connectivity index (χ0n) is 18.7. The molecule has 0 saturated carbocycles. The molecule has 3 aromatic rings. The number of fused-ring (bicyclic) bond motifs is 3. The van der Waals surface area contributed by atoms with Crippen LogP contribution in [0.15, 0.2) is 48.7 Å². The minimum atomic E-state index is -0.141. The van der Waals surface area contributed by atoms with Gasteiger partial charge in [-0.3, -0.25) is 9.59 Å². The zero-order chi connectivity index (χ0) is 23.7. The molecule has 1 atom stereocenters. The minimum absolute atomic E-state index is 0.0137. The van der Waals surface area contributed by atoms with Crippen molar-refractivity contribution in [3.05, 3.63) is 64.8 Å². The molecule has 0 spiro atoms. The molecule has 9 heteroatoms. The molecule has 2 aliphatic heterocycles. The van der Waals surface area contributed by atoms with Gasteiger partial charge in [-0.05, 0) is 55.3 Å². The second kappa shape index (κ2) is 9.40. The molecule has 2 N–H and O–H groups in total. The number of anilines is 3. The fraction of sp³-hybridized carbons (Fsp3) is 0.280. The molecule has 34 heavy (non-hydrogen) atoms. The Morgan fingerprint density at radius 1 is 1.26 bits per heavy atom. The molecule has 2 amide bonds. The number of amides is 2. The molecule has 0 aliphatic carbocycles. The van der Waals surface area contributed by atoms with Crippen molar-refractivity contribution in [2.75, 3.05) is 30.9 Å². The molecule has 5 rings (SSSR count). The molecule has 2 aromatic carbocycles. The number of nitrogens with one attached hydrogen (secondary N) is 2. The molecule has 0 unspecified atom stereocenters. The number of benzene rings is 2. The van der Waals surface area contributed by atoms with Crippen molar-refractivity contribution in [3.8, 4) is 11.3 Å². The van der Waals surface area contributed by atoms with Crippen molar-refractivity contribution < 1.29 is 14.3 Å². The van der Waals surface area contributed by atoms with Crippen molar-refractivity contribution in [2.45, 2.75) is 25.3 Å². The van der Waals surface area contributed by atoms with E-state index in [1.54, 1.807) is 37.6 Å². The van der Waals surface area contributed by atoms with Gasteiger partial charge in [-0.1, -0.05) is 11.6 Å². The van der Waals surface area contributed by atoms with E-state index in [2.05, 4.69) is 20.6 Å². The number of rotatable bonds is 5. The third-order valence-electron chi connectivity index (χ3n) is 6.11. The molecular formula is C25H24ClN5O3. The highest BCUT2D eigenvalue weighted by atomic mass is 35.5. The number of aromatic nitrogens is 2. The molecule has 174 valence electrons. The summed E-state index contributed by atoms with van der Waals surface area (Å²) in [7, 11) is 1.66. The van der Waals surface area contributed by atoms with Gasteiger partial charge in [-0.15, -0.1) is 0 Å². The quantitative estimate of drug-likeness (QED) is 0.569. The van der Waals surface area contributed by atoms with Crippen molar-refractivity contribution in [1.82, 2.24) is 14.9 Å². The Morgan fingerprint density at radius 2 is 2.09 bits per heavy atom. The van der Waals surface area contributed by atoms with Gasteiger partial charge in [-0.2, -0.15) is 0 Å². The molecule has 3 heterocycles. The molecule has 1 fully saturated rings. The lowest BCUT2D eigenvalue weighted by atomic mass is 10.1. The minimum Gasteiger partial charge on any atom is -0.383 e. The van der Waals surface area contributed by atoms with E-state index >= 15 is 0 Å². The lowest BCUT2D eigenvalue weighted by molar-refractivity contribution is -0.115. The number of halogens is 1. The summed E-state index contributed by atoms with van der Waals surface area (Å²) in [4.78, 5) is 36.2. The predicted molar refractivity (Wildman–Crippen MR) is 130 cm³/mol. The number of likely N-dealkylation sites (tertiary alicyclic amines) is 1. The number of hydrogen-bond donors (Lipinski definition) is 2. The first kappa shape index (κ1) is 22.3. The fourth-order valence-electron chi connectivity index (χ4n) is 4.48. The first-order valence-electron chi connectivity index (χ1n) is 11.1. The van der Waals surface area contributed by atoms with Crippen LogP contribution in [0, 0.1) is 0 Å². The van der Waals surface area contributed by atoms with Crippen LogP contribution >= 0.6 is 11.6 Å². The summed E-state index contributed by atoms with van der Waals surface area (Å²) in [5.74, 6) is 0.269. The predicted octanol–water partition coefficient (Wildman–Crippen LogP) is 4.29. The maximum Gasteiger partial charge on any atom is 0.254 e. The fourth-order valence-corrected chi connectivity index (χ4v) is 4.66. The number of carbonyl (C=O) groups is 2. The topological polar surface area (TPSA) is 96.4 Å². The lowest BCUT2D eigenvalue weighted by Crippen LogP contribution is -2.38. The van der Waals surface area contributed by atoms with Gasteiger partial charge in [0.2, 0.25) is 11.9 Å². The van der Waals surface area contributed by atoms with E-state index in [1.165, 1.54) is 0 Å². The maximum absolute atomic E-state index is 12.9. The molecule has 2 aliphatic rings. The second-order valence-electron chi connectivity index (χ2n) is 8.43. The molecule has 1 saturated heterocycles. The van der Waals surface area contributed by atoms with Crippen LogP contribution in [0.1, 0.15) is 28.8 Å². The zero-order valence-corrected chi connectivity index (χ0v) is 19.4. The normalized spacial score (nSPS) is 16.9. The summed E-state index contributed by atoms with van der Waals surface area (Å²) in [5.41, 5.74) is 4.21. The van der Waals surface area contributed by atoms with Crippen molar-refractivity contribution in [1.29, 1.82) is 0 Å². The van der Waals surface area contributed by atoms with E-state index in [-0.39, 0.29) is 24.3 Å². The average molecular weight is 478 g/mol. The highest BCUT2D eigenvalue weighted by molar-refractivity contribution is 6.31. The van der Waals surface area contributed by atoms with Crippen molar-refractivity contribution in [3.63, 3.8) is 0 Å². The molecular weight excluding hydrogens is 454 g/mol. The van der Waals surface area contributed by atoms with Gasteiger partial charge in [0, 0.05) is 47.3 Å². The van der Waals surface area contributed by atoms with E-state index in [0.29, 0.717) is 34.5 Å². The number of hydrogen-bond acceptors (Lipinski definition) is 6. The van der Waals surface area contributed by atoms with Crippen LogP contribution in [0.5, 0.6) is 0 Å². The number of methoxy groups -OCH3 is 1. The van der Waals surface area contributed by atoms with Gasteiger partial charge < -0.3 is 20.3 Å². The average Bonchev–Trinajstić information content (AvgIpc) is 3.23. The van der Waals surface area contributed by atoms with E-state index in [1.807, 2.05) is 23.1 Å². The molecule has 8 nitrogen and oxygen atoms in total. The van der Waals surface area contributed by atoms with Gasteiger partial charge >= 0.3 is 0 Å². The molecule has 0 radical (unpaired) electrons. The number of ether oxygens (including phenoxy) is 1. The highest BCUT2D eigenvalue weighted by Gasteiger charge is 2.29. The summed E-state index contributed by atoms with van der Waals surface area (Å²) >= 11 is 6.11. The summed E-state index contributed by atoms with van der Waals surface area (Å²) in [6, 6.07) is 12.7. The van der Waals surface area contributed by atoms with Gasteiger partial charge in [0.1, 0.15) is 0 Å². The highest BCUT2D eigenvalue weighted by Crippen LogP contribution is 2.35. The van der Waals surface area contributed by atoms with Crippen LogP contribution < -0.4 is 10.6 Å². The van der Waals surface area contributed by atoms with E-state index in [0.717, 1.165) is 36.2 Å². The Balaban J connectivity index is 1.36. The van der Waals surface area contributed by atoms with Crippen LogP contribution in [0.4, 0.5) is 17.3 Å². The standard InChI is InChI=1S/C25H24ClN5O3/c1-34-14-19-3-2-10-31(19)24(33)15-4-7-18(8-5-15)28-25-27-13-16-11-22(32)29-21-12-17(26)6-9-20(21)23(16)30-25/h4-9,12-13,19H,2-3,10-11,14H2,1H3,(H,29,32)(H,27,28,30)/t19-/m0/s1. The van der Waals surface area contributed by atoms with Crippen molar-refractivity contribution in [2.24, 2.45) is 0 Å². The Kier molecular flexibility index (Phi) is 6.17. The SMILES string of the molecule is COC[C@@H]1CCCN1C(=O)c1ccc(Nc2ncc3c(n2)-c2ccc(Cl)cc2NC(=O)C3)cc1. The van der Waals surface area contributed by atoms with Crippen LogP contribution in [-0.4, -0.2) is 53.0 Å². The Bertz CT molecular complexity index is 1250. The van der Waals surface area contributed by atoms with Crippen LogP contribution in [-0.2, 0) is 16.0 Å². The van der Waals surface area contributed by atoms with Gasteiger partial charge in [0.05, 0.1) is 30.5 Å². The van der Waals surface area contributed by atoms with Crippen LogP contribution in [0.3, 0.4) is 0 Å². The third kappa shape index (κ3) is 4.47. The van der Waals surface area contributed by atoms with E-state index < -0.39 is 0 Å². The van der Waals surface area contributed by atoms with Crippen LogP contribution in [0.25, 0.3) is 11.3 Å². The molecule has 0 bridgehead atoms. The summed E-state index contributed by atoms with van der Waals surface area (Å²) in [5, 5.41) is 6.60. The summed E-state index contributed by atoms with van der Waals surface area (Å²) in [6.45, 7) is 1.30.